The van der Waals surface area contributed by atoms with E-state index >= 15 is 0 Å². The topological polar surface area (TPSA) is 95.5 Å². The van der Waals surface area contributed by atoms with E-state index in [2.05, 4.69) is 26.6 Å². The molecule has 0 bridgehead atoms. The lowest BCUT2D eigenvalue weighted by molar-refractivity contribution is 0.255. The average molecular weight is 397 g/mol. The van der Waals surface area contributed by atoms with Crippen LogP contribution in [0.2, 0.25) is 0 Å². The van der Waals surface area contributed by atoms with Gasteiger partial charge in [-0.1, -0.05) is 34.1 Å². The van der Waals surface area contributed by atoms with Crippen molar-refractivity contribution in [2.45, 2.75) is 4.90 Å². The largest absolute Gasteiger partial charge is 0.323 e. The number of anilines is 1. The van der Waals surface area contributed by atoms with E-state index in [0.29, 0.717) is 0 Å². The molecule has 0 fully saturated rings. The lowest BCUT2D eigenvalue weighted by atomic mass is 10.2. The second-order valence-corrected chi connectivity index (χ2v) is 6.83. The van der Waals surface area contributed by atoms with E-state index in [1.807, 2.05) is 24.3 Å². The summed E-state index contributed by atoms with van der Waals surface area (Å²) in [5.74, 6) is 0. The number of rotatable bonds is 4. The molecule has 23 heavy (non-hydrogen) atoms. The van der Waals surface area contributed by atoms with Gasteiger partial charge in [0.05, 0.1) is 4.90 Å². The molecule has 0 aliphatic rings. The Balaban J connectivity index is 1.97. The van der Waals surface area contributed by atoms with Crippen LogP contribution in [0.3, 0.4) is 0 Å². The summed E-state index contributed by atoms with van der Waals surface area (Å²) >= 11 is 3.35. The van der Waals surface area contributed by atoms with Gasteiger partial charge in [0.15, 0.2) is 0 Å². The minimum absolute atomic E-state index is 0.244. The summed E-state index contributed by atoms with van der Waals surface area (Å²) in [5.41, 5.74) is 1.14. The molecule has 2 aromatic rings. The average Bonchev–Trinajstić information content (AvgIpc) is 2.46. The van der Waals surface area contributed by atoms with E-state index in [0.717, 1.165) is 16.1 Å². The van der Waals surface area contributed by atoms with Crippen LogP contribution in [-0.4, -0.2) is 19.0 Å². The molecule has 120 valence electrons. The fourth-order valence-corrected chi connectivity index (χ4v) is 2.67. The number of nitrogens with one attached hydrogen (secondary N) is 2. The number of urea groups is 1. The van der Waals surface area contributed by atoms with Crippen LogP contribution in [-0.2, 0) is 10.1 Å². The Bertz CT molecular complexity index is 850. The molecule has 2 rings (SSSR count). The molecule has 0 unspecified atom stereocenters. The van der Waals surface area contributed by atoms with Gasteiger partial charge in [-0.05, 0) is 42.0 Å². The zero-order chi connectivity index (χ0) is 16.9. The van der Waals surface area contributed by atoms with Gasteiger partial charge in [-0.3, -0.25) is 4.55 Å². The summed E-state index contributed by atoms with van der Waals surface area (Å²) in [6.45, 7) is 0. The maximum Gasteiger partial charge on any atom is 0.323 e. The molecule has 0 aromatic heterocycles. The summed E-state index contributed by atoms with van der Waals surface area (Å²) in [6.07, 6.45) is 3.17. The third-order valence-electron chi connectivity index (χ3n) is 2.73. The van der Waals surface area contributed by atoms with Gasteiger partial charge in [-0.2, -0.15) is 8.42 Å². The van der Waals surface area contributed by atoms with Gasteiger partial charge in [0.2, 0.25) is 0 Å². The molecular formula is C15H13BrN2O4S. The molecule has 2 amide bonds. The summed E-state index contributed by atoms with van der Waals surface area (Å²) in [7, 11) is -4.31. The Morgan fingerprint density at radius 1 is 1.13 bits per heavy atom. The molecule has 3 N–H and O–H groups in total. The molecular weight excluding hydrogens is 384 g/mol. The van der Waals surface area contributed by atoms with E-state index < -0.39 is 16.1 Å². The van der Waals surface area contributed by atoms with Gasteiger partial charge in [-0.15, -0.1) is 0 Å². The zero-order valence-electron chi connectivity index (χ0n) is 11.7. The SMILES string of the molecule is O=C(N/C=C/c1cccc(Br)c1)Nc1cccc(S(=O)(=O)O)c1. The van der Waals surface area contributed by atoms with Gasteiger partial charge < -0.3 is 10.6 Å². The minimum atomic E-state index is -4.31. The monoisotopic (exact) mass is 396 g/mol. The third-order valence-corrected chi connectivity index (χ3v) is 4.07. The Morgan fingerprint density at radius 2 is 1.87 bits per heavy atom. The molecule has 0 saturated heterocycles. The normalized spacial score (nSPS) is 11.4. The fourth-order valence-electron chi connectivity index (χ4n) is 1.73. The standard InChI is InChI=1S/C15H13BrN2O4S/c16-12-4-1-3-11(9-12)7-8-17-15(19)18-13-5-2-6-14(10-13)23(20,21)22/h1-10H,(H2,17,18,19)(H,20,21,22)/b8-7+. The Morgan fingerprint density at radius 3 is 2.57 bits per heavy atom. The van der Waals surface area contributed by atoms with Crippen molar-refractivity contribution in [3.63, 3.8) is 0 Å². The first-order chi connectivity index (χ1) is 10.8. The van der Waals surface area contributed by atoms with Crippen molar-refractivity contribution in [3.8, 4) is 0 Å². The Hall–Kier alpha value is -2.16. The quantitative estimate of drug-likeness (QED) is 0.689. The molecule has 8 heteroatoms. The van der Waals surface area contributed by atoms with Gasteiger partial charge in [0.1, 0.15) is 0 Å². The fraction of sp³-hybridized carbons (Fsp3) is 0. The first kappa shape index (κ1) is 17.2. The minimum Gasteiger partial charge on any atom is -0.314 e. The molecule has 0 atom stereocenters. The highest BCUT2D eigenvalue weighted by molar-refractivity contribution is 9.10. The molecule has 6 nitrogen and oxygen atoms in total. The molecule has 0 radical (unpaired) electrons. The van der Waals surface area contributed by atoms with E-state index in [9.17, 15) is 13.2 Å². The zero-order valence-corrected chi connectivity index (χ0v) is 14.1. The summed E-state index contributed by atoms with van der Waals surface area (Å²) in [4.78, 5) is 11.4. The first-order valence-corrected chi connectivity index (χ1v) is 8.65. The number of carbonyl (C=O) groups is 1. The highest BCUT2D eigenvalue weighted by atomic mass is 79.9. The first-order valence-electron chi connectivity index (χ1n) is 6.42. The molecule has 0 aliphatic carbocycles. The van der Waals surface area contributed by atoms with E-state index in [1.54, 1.807) is 6.08 Å². The van der Waals surface area contributed by atoms with Crippen LogP contribution in [0.1, 0.15) is 5.56 Å². The van der Waals surface area contributed by atoms with Crippen LogP contribution in [0.4, 0.5) is 10.5 Å². The Labute approximate surface area is 142 Å². The maximum atomic E-state index is 11.7. The second kappa shape index (κ2) is 7.40. The molecule has 0 aliphatic heterocycles. The smallest absolute Gasteiger partial charge is 0.314 e. The predicted molar refractivity (Wildman–Crippen MR) is 91.6 cm³/mol. The Kier molecular flexibility index (Phi) is 5.54. The molecule has 0 saturated carbocycles. The number of carbonyl (C=O) groups excluding carboxylic acids is 1. The van der Waals surface area contributed by atoms with E-state index in [1.165, 1.54) is 24.4 Å². The van der Waals surface area contributed by atoms with Gasteiger partial charge in [0.25, 0.3) is 10.1 Å². The second-order valence-electron chi connectivity index (χ2n) is 4.49. The summed E-state index contributed by atoms with van der Waals surface area (Å²) in [5, 5.41) is 4.97. The number of benzene rings is 2. The van der Waals surface area contributed by atoms with E-state index in [4.69, 9.17) is 4.55 Å². The van der Waals surface area contributed by atoms with E-state index in [-0.39, 0.29) is 10.6 Å². The van der Waals surface area contributed by atoms with Crippen LogP contribution >= 0.6 is 15.9 Å². The van der Waals surface area contributed by atoms with Crippen molar-refractivity contribution in [2.24, 2.45) is 0 Å². The van der Waals surface area contributed by atoms with Crippen molar-refractivity contribution in [2.75, 3.05) is 5.32 Å². The highest BCUT2D eigenvalue weighted by Gasteiger charge is 2.10. The maximum absolute atomic E-state index is 11.7. The van der Waals surface area contributed by atoms with Crippen molar-refractivity contribution in [1.29, 1.82) is 0 Å². The molecule has 0 spiro atoms. The van der Waals surface area contributed by atoms with Crippen molar-refractivity contribution in [1.82, 2.24) is 5.32 Å². The van der Waals surface area contributed by atoms with Crippen LogP contribution in [0.5, 0.6) is 0 Å². The summed E-state index contributed by atoms with van der Waals surface area (Å²) < 4.78 is 32.0. The lowest BCUT2D eigenvalue weighted by Gasteiger charge is -2.05. The number of amides is 2. The van der Waals surface area contributed by atoms with Gasteiger partial charge in [-0.25, -0.2) is 4.79 Å². The van der Waals surface area contributed by atoms with Crippen molar-refractivity contribution >= 4 is 43.8 Å². The molecule has 0 heterocycles. The van der Waals surface area contributed by atoms with Gasteiger partial charge >= 0.3 is 6.03 Å². The predicted octanol–water partition coefficient (Wildman–Crippen LogP) is 3.49. The number of hydrogen-bond donors (Lipinski definition) is 3. The van der Waals surface area contributed by atoms with Gasteiger partial charge in [0, 0.05) is 16.4 Å². The van der Waals surface area contributed by atoms with Crippen LogP contribution in [0, 0.1) is 0 Å². The number of halogens is 1. The highest BCUT2D eigenvalue weighted by Crippen LogP contribution is 2.15. The third kappa shape index (κ3) is 5.51. The van der Waals surface area contributed by atoms with Crippen molar-refractivity contribution in [3.05, 3.63) is 64.8 Å². The molecule has 2 aromatic carbocycles. The lowest BCUT2D eigenvalue weighted by Crippen LogP contribution is -2.23. The summed E-state index contributed by atoms with van der Waals surface area (Å²) in [6, 6.07) is 12.3. The van der Waals surface area contributed by atoms with Crippen LogP contribution in [0.25, 0.3) is 6.08 Å². The van der Waals surface area contributed by atoms with Crippen LogP contribution in [0.15, 0.2) is 64.1 Å². The number of hydrogen-bond acceptors (Lipinski definition) is 3. The van der Waals surface area contributed by atoms with Crippen molar-refractivity contribution < 1.29 is 17.8 Å². The van der Waals surface area contributed by atoms with Crippen LogP contribution < -0.4 is 10.6 Å².